The van der Waals surface area contributed by atoms with E-state index in [4.69, 9.17) is 29.5 Å². The molecule has 84 heavy (non-hydrogen) atoms. The van der Waals surface area contributed by atoms with Crippen LogP contribution in [-0.4, -0.2) is 186 Å². The van der Waals surface area contributed by atoms with Gasteiger partial charge in [-0.1, -0.05) is 71.6 Å². The van der Waals surface area contributed by atoms with Gasteiger partial charge in [0, 0.05) is 79.6 Å². The van der Waals surface area contributed by atoms with E-state index in [2.05, 4.69) is 96.0 Å². The molecule has 5 N–H and O–H groups in total. The standard InChI is InChI=1S/C54H73BrN10O8S.C8H11NO/c1-41(43-9-11-44(55)12-10-43)65(48-15-16-48)51(66)21-8-42-6-17-49(18-7-42)72-30-5-4-24-62(2)29-33-71-35-34-69-31-22-46(61-56)39-57-23-32-70-36-37-73-50-19-13-45(14-20-50)58-53(68)60-54-59-47(40-74-54)38-52(67)64-27-25-63(3)26-28-64;1-3-5-8(4-2)6-9-7-10/h6-14,17-21,39-41,48H,4-5,15-16,22-38,56H2,1-3H3,(H2,58,59,60,68);3-5,7H,1-2,6H2,(H,9,10)/b21-8+,57-39?,61-46-;8-5+. The van der Waals surface area contributed by atoms with Crippen LogP contribution in [0.15, 0.2) is 136 Å². The highest BCUT2D eigenvalue weighted by atomic mass is 79.9. The van der Waals surface area contributed by atoms with Crippen molar-refractivity contribution in [3.63, 3.8) is 0 Å². The van der Waals surface area contributed by atoms with Gasteiger partial charge in [-0.05, 0) is 125 Å². The Kier molecular flexibility index (Phi) is 31.8. The van der Waals surface area contributed by atoms with Crippen LogP contribution in [0.2, 0.25) is 0 Å². The number of carbonyl (C=O) groups is 4. The summed E-state index contributed by atoms with van der Waals surface area (Å²) in [4.78, 5) is 65.3. The van der Waals surface area contributed by atoms with E-state index >= 15 is 0 Å². The van der Waals surface area contributed by atoms with Crippen molar-refractivity contribution in [1.29, 1.82) is 0 Å². The molecule has 3 aromatic carbocycles. The molecule has 0 radical (unpaired) electrons. The molecule has 1 saturated carbocycles. The van der Waals surface area contributed by atoms with Crippen LogP contribution in [0.4, 0.5) is 15.6 Å². The van der Waals surface area contributed by atoms with Crippen LogP contribution in [-0.2, 0) is 35.0 Å². The zero-order valence-corrected chi connectivity index (χ0v) is 51.2. The van der Waals surface area contributed by atoms with E-state index in [1.54, 1.807) is 60.2 Å². The summed E-state index contributed by atoms with van der Waals surface area (Å²) < 4.78 is 29.9. The number of carbonyl (C=O) groups excluding carboxylic acids is 4. The first-order chi connectivity index (χ1) is 40.9. The molecule has 6 rings (SSSR count). The summed E-state index contributed by atoms with van der Waals surface area (Å²) in [7, 11) is 4.14. The minimum atomic E-state index is -0.428. The van der Waals surface area contributed by atoms with Gasteiger partial charge < -0.3 is 59.8 Å². The van der Waals surface area contributed by atoms with E-state index in [1.807, 2.05) is 59.3 Å². The number of rotatable bonds is 37. The molecule has 1 saturated heterocycles. The van der Waals surface area contributed by atoms with Crippen molar-refractivity contribution in [3.05, 3.63) is 143 Å². The zero-order valence-electron chi connectivity index (χ0n) is 48.8. The molecule has 1 aliphatic carbocycles. The maximum atomic E-state index is 13.3. The summed E-state index contributed by atoms with van der Waals surface area (Å²) in [6.07, 6.45) is 15.8. The predicted molar refractivity (Wildman–Crippen MR) is 339 cm³/mol. The van der Waals surface area contributed by atoms with Gasteiger partial charge in [-0.15, -0.1) is 11.3 Å². The van der Waals surface area contributed by atoms with Gasteiger partial charge in [0.2, 0.25) is 18.2 Å². The second-order valence-corrected chi connectivity index (χ2v) is 21.6. The molecule has 0 bridgehead atoms. The Balaban J connectivity index is 0.00000118. The maximum Gasteiger partial charge on any atom is 0.325 e. The summed E-state index contributed by atoms with van der Waals surface area (Å²) in [5, 5.41) is 14.1. The fourth-order valence-electron chi connectivity index (χ4n) is 8.32. The predicted octanol–water partition coefficient (Wildman–Crippen LogP) is 8.66. The highest BCUT2D eigenvalue weighted by molar-refractivity contribution is 9.10. The number of aromatic nitrogens is 1. The molecule has 2 heterocycles. The summed E-state index contributed by atoms with van der Waals surface area (Å²) in [6.45, 7) is 18.9. The third-order valence-electron chi connectivity index (χ3n) is 13.3. The van der Waals surface area contributed by atoms with Gasteiger partial charge in [-0.3, -0.25) is 24.7 Å². The first-order valence-corrected chi connectivity index (χ1v) is 30.0. The average molecular weight is 1240 g/mol. The quantitative estimate of drug-likeness (QED) is 0.00631. The SMILES string of the molecule is C=C/C=C(\C=C)CNC=O.CC(c1ccc(Br)cc1)N(C(=O)/C=C/c1ccc(OCCCCN(C)CCOCCOCC/C(C=NCCOCCOc2ccc(NC(=O)Nc3nc(CC(=O)N4CCN(C)CC4)cs3)cc2)=N/N)cc1)C1CC1. The Bertz CT molecular complexity index is 2730. The lowest BCUT2D eigenvalue weighted by Crippen LogP contribution is -2.47. The van der Waals surface area contributed by atoms with E-state index in [9.17, 15) is 19.2 Å². The van der Waals surface area contributed by atoms with Crippen molar-refractivity contribution in [2.45, 2.75) is 57.5 Å². The van der Waals surface area contributed by atoms with Gasteiger partial charge in [0.15, 0.2) is 5.13 Å². The number of piperazine rings is 1. The number of hydrazone groups is 1. The lowest BCUT2D eigenvalue weighted by molar-refractivity contribution is -0.132. The highest BCUT2D eigenvalue weighted by Gasteiger charge is 2.35. The molecule has 22 heteroatoms. The van der Waals surface area contributed by atoms with Crippen LogP contribution in [0.3, 0.4) is 0 Å². The fourth-order valence-corrected chi connectivity index (χ4v) is 9.29. The van der Waals surface area contributed by atoms with Crippen molar-refractivity contribution in [3.8, 4) is 11.5 Å². The molecule has 2 aliphatic rings. The first kappa shape index (κ1) is 67.7. The molecule has 5 amide bonds. The Morgan fingerprint density at radius 1 is 0.857 bits per heavy atom. The topological polar surface area (TPSA) is 227 Å². The van der Waals surface area contributed by atoms with Crippen molar-refractivity contribution in [2.75, 3.05) is 130 Å². The third kappa shape index (κ3) is 27.1. The largest absolute Gasteiger partial charge is 0.494 e. The Morgan fingerprint density at radius 3 is 2.21 bits per heavy atom. The molecule has 1 unspecified atom stereocenters. The van der Waals surface area contributed by atoms with E-state index in [-0.39, 0.29) is 24.3 Å². The lowest BCUT2D eigenvalue weighted by Gasteiger charge is -2.32. The van der Waals surface area contributed by atoms with Crippen LogP contribution in [0.1, 0.15) is 61.9 Å². The number of allylic oxidation sites excluding steroid dienone is 2. The molecule has 1 aliphatic heterocycles. The fraction of sp³-hybridized carbons (Fsp3) is 0.435. The number of anilines is 2. The summed E-state index contributed by atoms with van der Waals surface area (Å²) in [6, 6.07) is 23.0. The molecule has 1 atom stereocenters. The van der Waals surface area contributed by atoms with Gasteiger partial charge in [0.1, 0.15) is 18.1 Å². The van der Waals surface area contributed by atoms with Gasteiger partial charge >= 0.3 is 6.03 Å². The minimum Gasteiger partial charge on any atom is -0.494 e. The van der Waals surface area contributed by atoms with Crippen molar-refractivity contribution >= 4 is 80.3 Å². The Hall–Kier alpha value is -7.05. The Morgan fingerprint density at radius 2 is 1.54 bits per heavy atom. The normalized spacial score (nSPS) is 14.2. The number of hydrogen-bond acceptors (Lipinski definition) is 16. The Labute approximate surface area is 508 Å². The third-order valence-corrected chi connectivity index (χ3v) is 14.6. The van der Waals surface area contributed by atoms with E-state index in [1.165, 1.54) is 11.3 Å². The average Bonchev–Trinajstić information content (AvgIpc) is 4.03. The molecule has 4 aromatic rings. The second kappa shape index (κ2) is 39.5. The van der Waals surface area contributed by atoms with Crippen LogP contribution >= 0.6 is 27.3 Å². The van der Waals surface area contributed by atoms with Gasteiger partial charge in [-0.2, -0.15) is 5.10 Å². The number of urea groups is 1. The summed E-state index contributed by atoms with van der Waals surface area (Å²) in [5.74, 6) is 7.11. The van der Waals surface area contributed by atoms with Gasteiger partial charge in [-0.25, -0.2) is 9.78 Å². The van der Waals surface area contributed by atoms with Crippen molar-refractivity contribution in [1.82, 2.24) is 29.9 Å². The smallest absolute Gasteiger partial charge is 0.325 e. The molecule has 454 valence electrons. The minimum absolute atomic E-state index is 0.0138. The second-order valence-electron chi connectivity index (χ2n) is 19.8. The number of hydrogen-bond donors (Lipinski definition) is 4. The van der Waals surface area contributed by atoms with E-state index < -0.39 is 6.03 Å². The lowest BCUT2D eigenvalue weighted by atomic mass is 10.1. The van der Waals surface area contributed by atoms with Crippen LogP contribution in [0, 0.1) is 0 Å². The number of nitrogens with two attached hydrogens (primary N) is 1. The number of nitrogens with one attached hydrogen (secondary N) is 3. The molecule has 1 aromatic heterocycles. The van der Waals surface area contributed by atoms with Gasteiger partial charge in [0.25, 0.3) is 0 Å². The first-order valence-electron chi connectivity index (χ1n) is 28.4. The highest BCUT2D eigenvalue weighted by Crippen LogP contribution is 2.35. The number of likely N-dealkylation sites (N-methyl/N-ethyl adjacent to an activating group) is 2. The van der Waals surface area contributed by atoms with E-state index in [0.29, 0.717) is 126 Å². The number of benzene rings is 3. The van der Waals surface area contributed by atoms with Crippen LogP contribution < -0.4 is 31.3 Å². The number of halogens is 1. The maximum absolute atomic E-state index is 13.3. The monoisotopic (exact) mass is 1240 g/mol. The molecule has 2 fully saturated rings. The molecule has 0 spiro atoms. The number of amides is 5. The number of ether oxygens (including phenoxy) is 5. The van der Waals surface area contributed by atoms with Crippen molar-refractivity contribution in [2.24, 2.45) is 15.9 Å². The van der Waals surface area contributed by atoms with Crippen molar-refractivity contribution < 1.29 is 42.9 Å². The number of nitrogens with zero attached hydrogens (tertiary/aromatic N) is 7. The summed E-state index contributed by atoms with van der Waals surface area (Å²) >= 11 is 4.78. The van der Waals surface area contributed by atoms with E-state index in [0.717, 1.165) is 78.8 Å². The zero-order chi connectivity index (χ0) is 60.2. The van der Waals surface area contributed by atoms with Gasteiger partial charge in [0.05, 0.1) is 76.7 Å². The molecular weight excluding hydrogens is 1150 g/mol. The molecular formula is C62H84BrN11O9S. The van der Waals surface area contributed by atoms with Crippen LogP contribution in [0.5, 0.6) is 11.5 Å². The number of thiazole rings is 1. The number of unbranched alkanes of at least 4 members (excludes halogenated alkanes) is 1. The summed E-state index contributed by atoms with van der Waals surface area (Å²) in [5.41, 5.74) is 4.90. The number of aliphatic imine (C=N–C) groups is 1. The molecule has 20 nitrogen and oxygen atoms in total. The van der Waals surface area contributed by atoms with Crippen LogP contribution in [0.25, 0.3) is 6.08 Å².